The Morgan fingerprint density at radius 3 is 2.29 bits per heavy atom. The fourth-order valence-corrected chi connectivity index (χ4v) is 3.48. The molecule has 1 atom stereocenters. The number of nitrogens with zero attached hydrogens (tertiary/aromatic N) is 1. The van der Waals surface area contributed by atoms with Gasteiger partial charge < -0.3 is 4.74 Å². The molecule has 0 amide bonds. The van der Waals surface area contributed by atoms with Gasteiger partial charge in [0.2, 0.25) is 0 Å². The van der Waals surface area contributed by atoms with Crippen LogP contribution in [0.25, 0.3) is 5.57 Å². The van der Waals surface area contributed by atoms with E-state index in [4.69, 9.17) is 4.74 Å². The van der Waals surface area contributed by atoms with Gasteiger partial charge in [0.15, 0.2) is 0 Å². The second-order valence-corrected chi connectivity index (χ2v) is 6.36. The molecule has 0 saturated heterocycles. The normalized spacial score (nSPS) is 17.5. The van der Waals surface area contributed by atoms with Crippen molar-refractivity contribution in [2.75, 3.05) is 6.61 Å². The predicted octanol–water partition coefficient (Wildman–Crippen LogP) is 5.07. The van der Waals surface area contributed by atoms with Crippen LogP contribution >= 0.6 is 0 Å². The second-order valence-electron chi connectivity index (χ2n) is 6.36. The SMILES string of the molecule is Cc1cc(C)c(C2=CC(c3ccc([N+](=O)[O-])cc3)OCC2)c(C)c1. The van der Waals surface area contributed by atoms with Gasteiger partial charge in [0.05, 0.1) is 11.5 Å². The van der Waals surface area contributed by atoms with E-state index >= 15 is 0 Å². The summed E-state index contributed by atoms with van der Waals surface area (Å²) in [6, 6.07) is 11.0. The summed E-state index contributed by atoms with van der Waals surface area (Å²) < 4.78 is 5.87. The first-order valence-corrected chi connectivity index (χ1v) is 8.10. The average molecular weight is 323 g/mol. The molecule has 4 heteroatoms. The lowest BCUT2D eigenvalue weighted by Crippen LogP contribution is -2.11. The van der Waals surface area contributed by atoms with Gasteiger partial charge in [-0.25, -0.2) is 0 Å². The summed E-state index contributed by atoms with van der Waals surface area (Å²) in [7, 11) is 0. The van der Waals surface area contributed by atoms with Crippen molar-refractivity contribution in [1.82, 2.24) is 0 Å². The van der Waals surface area contributed by atoms with Crippen LogP contribution in [0.15, 0.2) is 42.5 Å². The summed E-state index contributed by atoms with van der Waals surface area (Å²) in [5.74, 6) is 0. The second kappa shape index (κ2) is 6.57. The van der Waals surface area contributed by atoms with Crippen molar-refractivity contribution in [3.63, 3.8) is 0 Å². The highest BCUT2D eigenvalue weighted by Crippen LogP contribution is 2.35. The van der Waals surface area contributed by atoms with E-state index in [0.29, 0.717) is 6.61 Å². The number of nitro groups is 1. The Kier molecular flexibility index (Phi) is 4.49. The summed E-state index contributed by atoms with van der Waals surface area (Å²) in [5.41, 5.74) is 7.47. The lowest BCUT2D eigenvalue weighted by atomic mass is 9.89. The number of hydrogen-bond donors (Lipinski definition) is 0. The maximum atomic E-state index is 10.8. The Bertz CT molecular complexity index is 783. The van der Waals surface area contributed by atoms with Crippen LogP contribution in [-0.2, 0) is 4.74 Å². The molecule has 0 bridgehead atoms. The van der Waals surface area contributed by atoms with Gasteiger partial charge in [0.1, 0.15) is 6.10 Å². The van der Waals surface area contributed by atoms with Crippen LogP contribution in [0.1, 0.15) is 40.3 Å². The zero-order valence-corrected chi connectivity index (χ0v) is 14.2. The molecular formula is C20H21NO3. The number of non-ortho nitro benzene ring substituents is 1. The van der Waals surface area contributed by atoms with Gasteiger partial charge >= 0.3 is 0 Å². The molecule has 0 saturated carbocycles. The molecule has 124 valence electrons. The molecule has 1 heterocycles. The fraction of sp³-hybridized carbons (Fsp3) is 0.300. The largest absolute Gasteiger partial charge is 0.369 e. The maximum Gasteiger partial charge on any atom is 0.269 e. The van der Waals surface area contributed by atoms with E-state index < -0.39 is 0 Å². The topological polar surface area (TPSA) is 52.4 Å². The van der Waals surface area contributed by atoms with Gasteiger partial charge in [-0.3, -0.25) is 10.1 Å². The smallest absolute Gasteiger partial charge is 0.269 e. The molecule has 24 heavy (non-hydrogen) atoms. The van der Waals surface area contributed by atoms with Gasteiger partial charge in [-0.15, -0.1) is 0 Å². The third-order valence-corrected chi connectivity index (χ3v) is 4.45. The highest BCUT2D eigenvalue weighted by molar-refractivity contribution is 5.72. The van der Waals surface area contributed by atoms with Crippen LogP contribution in [0.3, 0.4) is 0 Å². The molecule has 3 rings (SSSR count). The van der Waals surface area contributed by atoms with Crippen LogP contribution in [0.2, 0.25) is 0 Å². The fourth-order valence-electron chi connectivity index (χ4n) is 3.48. The van der Waals surface area contributed by atoms with Crippen molar-refractivity contribution >= 4 is 11.3 Å². The van der Waals surface area contributed by atoms with Crippen molar-refractivity contribution < 1.29 is 9.66 Å². The molecule has 2 aromatic carbocycles. The van der Waals surface area contributed by atoms with Crippen LogP contribution < -0.4 is 0 Å². The monoisotopic (exact) mass is 323 g/mol. The van der Waals surface area contributed by atoms with Gasteiger partial charge in [0.25, 0.3) is 5.69 Å². The van der Waals surface area contributed by atoms with Crippen molar-refractivity contribution in [2.45, 2.75) is 33.3 Å². The first kappa shape index (κ1) is 16.4. The van der Waals surface area contributed by atoms with Crippen LogP contribution in [0.5, 0.6) is 0 Å². The van der Waals surface area contributed by atoms with E-state index in [1.54, 1.807) is 12.1 Å². The summed E-state index contributed by atoms with van der Waals surface area (Å²) in [6.07, 6.45) is 2.87. The Labute approximate surface area is 141 Å². The van der Waals surface area contributed by atoms with Crippen LogP contribution in [0, 0.1) is 30.9 Å². The van der Waals surface area contributed by atoms with Gasteiger partial charge in [-0.05, 0) is 73.2 Å². The van der Waals surface area contributed by atoms with Crippen LogP contribution in [0.4, 0.5) is 5.69 Å². The lowest BCUT2D eigenvalue weighted by Gasteiger charge is -2.24. The van der Waals surface area contributed by atoms with Crippen molar-refractivity contribution in [1.29, 1.82) is 0 Å². The number of ether oxygens (including phenoxy) is 1. The minimum Gasteiger partial charge on any atom is -0.369 e. The highest BCUT2D eigenvalue weighted by atomic mass is 16.6. The molecule has 0 fully saturated rings. The van der Waals surface area contributed by atoms with E-state index in [0.717, 1.165) is 12.0 Å². The molecule has 1 aliphatic heterocycles. The quantitative estimate of drug-likeness (QED) is 0.585. The van der Waals surface area contributed by atoms with E-state index in [1.165, 1.54) is 40.0 Å². The van der Waals surface area contributed by atoms with E-state index in [9.17, 15) is 10.1 Å². The standard InChI is InChI=1S/C20H21NO3/c1-13-10-14(2)20(15(3)11-13)17-8-9-24-19(12-17)16-4-6-18(7-5-16)21(22)23/h4-7,10-12,19H,8-9H2,1-3H3. The van der Waals surface area contributed by atoms with E-state index in [1.807, 2.05) is 0 Å². The summed E-state index contributed by atoms with van der Waals surface area (Å²) >= 11 is 0. The Hall–Kier alpha value is -2.46. The predicted molar refractivity (Wildman–Crippen MR) is 95.0 cm³/mol. The maximum absolute atomic E-state index is 10.8. The summed E-state index contributed by atoms with van der Waals surface area (Å²) in [6.45, 7) is 7.06. The molecule has 0 aliphatic carbocycles. The Balaban J connectivity index is 1.95. The number of nitro benzene ring substituents is 1. The van der Waals surface area contributed by atoms with Crippen LogP contribution in [-0.4, -0.2) is 11.5 Å². The first-order valence-electron chi connectivity index (χ1n) is 8.10. The molecule has 0 aromatic heterocycles. The molecule has 0 radical (unpaired) electrons. The van der Waals surface area contributed by atoms with Gasteiger partial charge in [0, 0.05) is 12.1 Å². The Morgan fingerprint density at radius 2 is 1.71 bits per heavy atom. The minimum absolute atomic E-state index is 0.101. The molecule has 0 spiro atoms. The minimum atomic E-state index is -0.383. The zero-order chi connectivity index (χ0) is 17.3. The molecule has 0 N–H and O–H groups in total. The number of benzene rings is 2. The van der Waals surface area contributed by atoms with E-state index in [2.05, 4.69) is 39.0 Å². The third kappa shape index (κ3) is 3.24. The molecule has 1 aliphatic rings. The number of rotatable bonds is 3. The van der Waals surface area contributed by atoms with Crippen molar-refractivity contribution in [3.05, 3.63) is 80.4 Å². The van der Waals surface area contributed by atoms with Gasteiger partial charge in [-0.2, -0.15) is 0 Å². The van der Waals surface area contributed by atoms with Crippen molar-refractivity contribution in [2.24, 2.45) is 0 Å². The first-order chi connectivity index (χ1) is 11.5. The molecular weight excluding hydrogens is 302 g/mol. The third-order valence-electron chi connectivity index (χ3n) is 4.45. The number of aryl methyl sites for hydroxylation is 3. The molecule has 4 nitrogen and oxygen atoms in total. The summed E-state index contributed by atoms with van der Waals surface area (Å²) in [4.78, 5) is 10.4. The molecule has 2 aromatic rings. The lowest BCUT2D eigenvalue weighted by molar-refractivity contribution is -0.384. The average Bonchev–Trinajstić information content (AvgIpc) is 2.54. The van der Waals surface area contributed by atoms with Crippen molar-refractivity contribution in [3.8, 4) is 0 Å². The summed E-state index contributed by atoms with van der Waals surface area (Å²) in [5, 5.41) is 10.8. The Morgan fingerprint density at radius 1 is 1.08 bits per heavy atom. The zero-order valence-electron chi connectivity index (χ0n) is 14.2. The molecule has 1 unspecified atom stereocenters. The van der Waals surface area contributed by atoms with Gasteiger partial charge in [-0.1, -0.05) is 17.7 Å². The highest BCUT2D eigenvalue weighted by Gasteiger charge is 2.20. The number of hydrogen-bond acceptors (Lipinski definition) is 3. The van der Waals surface area contributed by atoms with E-state index in [-0.39, 0.29) is 16.7 Å².